The van der Waals surface area contributed by atoms with Crippen molar-refractivity contribution < 1.29 is 0 Å². The molecule has 1 saturated carbocycles. The molecular weight excluding hydrogens is 196 g/mol. The quantitative estimate of drug-likeness (QED) is 0.632. The van der Waals surface area contributed by atoms with Crippen LogP contribution in [0.25, 0.3) is 0 Å². The maximum absolute atomic E-state index is 4.88. The van der Waals surface area contributed by atoms with Gasteiger partial charge in [0.2, 0.25) is 0 Å². The number of hydrogen-bond acceptors (Lipinski definition) is 2. The first-order valence-electron chi connectivity index (χ1n) is 6.26. The van der Waals surface area contributed by atoms with Crippen molar-refractivity contribution in [1.82, 2.24) is 0 Å². The van der Waals surface area contributed by atoms with E-state index in [1.165, 1.54) is 30.4 Å². The Morgan fingerprint density at radius 3 is 1.88 bits per heavy atom. The number of fused-ring (bicyclic) bond motifs is 1. The Bertz CT molecular complexity index is 494. The van der Waals surface area contributed by atoms with Crippen LogP contribution in [0.3, 0.4) is 0 Å². The first-order valence-corrected chi connectivity index (χ1v) is 6.26. The molecular formula is C14H18N2. The van der Waals surface area contributed by atoms with E-state index < -0.39 is 0 Å². The summed E-state index contributed by atoms with van der Waals surface area (Å²) in [5.74, 6) is 0. The zero-order chi connectivity index (χ0) is 11.2. The van der Waals surface area contributed by atoms with E-state index in [1.54, 1.807) is 0 Å². The van der Waals surface area contributed by atoms with Gasteiger partial charge in [-0.25, -0.2) is 0 Å². The van der Waals surface area contributed by atoms with Crippen LogP contribution in [0.15, 0.2) is 22.1 Å². The van der Waals surface area contributed by atoms with Crippen molar-refractivity contribution in [2.45, 2.75) is 51.6 Å². The molecule has 0 saturated heterocycles. The van der Waals surface area contributed by atoms with Crippen molar-refractivity contribution in [2.75, 3.05) is 0 Å². The second kappa shape index (κ2) is 3.41. The molecule has 1 aromatic rings. The highest BCUT2D eigenvalue weighted by molar-refractivity contribution is 5.25. The molecule has 3 rings (SSSR count). The normalized spacial score (nSPS) is 21.4. The van der Waals surface area contributed by atoms with Gasteiger partial charge in [-0.3, -0.25) is 9.98 Å². The van der Waals surface area contributed by atoms with Gasteiger partial charge in [0.1, 0.15) is 0 Å². The summed E-state index contributed by atoms with van der Waals surface area (Å²) in [7, 11) is 0. The fourth-order valence-electron chi connectivity index (χ4n) is 2.78. The molecule has 0 unspecified atom stereocenters. The Balaban J connectivity index is 2.14. The lowest BCUT2D eigenvalue weighted by atomic mass is 9.90. The van der Waals surface area contributed by atoms with Gasteiger partial charge >= 0.3 is 0 Å². The number of benzene rings is 1. The fourth-order valence-corrected chi connectivity index (χ4v) is 2.78. The van der Waals surface area contributed by atoms with Gasteiger partial charge in [-0.2, -0.15) is 0 Å². The van der Waals surface area contributed by atoms with E-state index in [-0.39, 0.29) is 5.66 Å². The van der Waals surface area contributed by atoms with Crippen LogP contribution >= 0.6 is 0 Å². The third-order valence-corrected chi connectivity index (χ3v) is 3.90. The Labute approximate surface area is 96.1 Å². The Morgan fingerprint density at radius 2 is 1.38 bits per heavy atom. The molecule has 1 spiro atoms. The first-order chi connectivity index (χ1) is 7.69. The zero-order valence-electron chi connectivity index (χ0n) is 10.1. The Hall–Kier alpha value is -1.18. The molecule has 2 heteroatoms. The van der Waals surface area contributed by atoms with E-state index in [4.69, 9.17) is 9.98 Å². The summed E-state index contributed by atoms with van der Waals surface area (Å²) >= 11 is 0. The predicted molar refractivity (Wildman–Crippen MR) is 64.0 cm³/mol. The van der Waals surface area contributed by atoms with Crippen LogP contribution in [0, 0.1) is 13.8 Å². The highest BCUT2D eigenvalue weighted by Gasteiger charge is 2.32. The molecule has 0 amide bonds. The molecule has 2 nitrogen and oxygen atoms in total. The molecule has 1 aromatic carbocycles. The minimum atomic E-state index is -0.0825. The van der Waals surface area contributed by atoms with E-state index in [9.17, 15) is 0 Å². The van der Waals surface area contributed by atoms with E-state index in [0.29, 0.717) is 0 Å². The third-order valence-electron chi connectivity index (χ3n) is 3.90. The third kappa shape index (κ3) is 1.48. The summed E-state index contributed by atoms with van der Waals surface area (Å²) in [6.07, 6.45) is 6.18. The summed E-state index contributed by atoms with van der Waals surface area (Å²) in [4.78, 5) is 9.76. The molecule has 0 atom stereocenters. The number of aryl methyl sites for hydroxylation is 2. The molecule has 1 heterocycles. The van der Waals surface area contributed by atoms with Crippen molar-refractivity contribution in [1.29, 1.82) is 0 Å². The molecule has 0 radical (unpaired) electrons. The van der Waals surface area contributed by atoms with Crippen LogP contribution in [-0.4, -0.2) is 5.66 Å². The number of rotatable bonds is 0. The van der Waals surface area contributed by atoms with Gasteiger partial charge in [0.05, 0.1) is 10.7 Å². The Morgan fingerprint density at radius 1 is 0.875 bits per heavy atom. The molecule has 1 aliphatic carbocycles. The smallest absolute Gasteiger partial charge is 0.151 e. The van der Waals surface area contributed by atoms with Crippen LogP contribution in [0.5, 0.6) is 0 Å². The van der Waals surface area contributed by atoms with Crippen LogP contribution in [-0.2, 0) is 0 Å². The van der Waals surface area contributed by atoms with Crippen LogP contribution in [0.1, 0.15) is 43.2 Å². The van der Waals surface area contributed by atoms with E-state index in [2.05, 4.69) is 26.0 Å². The highest BCUT2D eigenvalue weighted by Crippen LogP contribution is 2.33. The van der Waals surface area contributed by atoms with Crippen LogP contribution in [0.4, 0.5) is 0 Å². The van der Waals surface area contributed by atoms with Gasteiger partial charge in [0, 0.05) is 0 Å². The minimum absolute atomic E-state index is 0.0825. The van der Waals surface area contributed by atoms with Gasteiger partial charge < -0.3 is 0 Å². The zero-order valence-corrected chi connectivity index (χ0v) is 10.1. The molecule has 16 heavy (non-hydrogen) atoms. The summed E-state index contributed by atoms with van der Waals surface area (Å²) < 4.78 is 0. The number of hydrogen-bond donors (Lipinski definition) is 0. The van der Waals surface area contributed by atoms with Crippen molar-refractivity contribution in [3.05, 3.63) is 34.0 Å². The van der Waals surface area contributed by atoms with Gasteiger partial charge in [-0.1, -0.05) is 6.42 Å². The molecule has 1 aliphatic heterocycles. The highest BCUT2D eigenvalue weighted by atomic mass is 15.1. The lowest BCUT2D eigenvalue weighted by molar-refractivity contribution is 0.309. The summed E-state index contributed by atoms with van der Waals surface area (Å²) in [6, 6.07) is 4.38. The largest absolute Gasteiger partial charge is 0.253 e. The minimum Gasteiger partial charge on any atom is -0.253 e. The molecule has 2 aliphatic rings. The van der Waals surface area contributed by atoms with E-state index in [0.717, 1.165) is 23.6 Å². The van der Waals surface area contributed by atoms with Crippen molar-refractivity contribution in [3.63, 3.8) is 0 Å². The van der Waals surface area contributed by atoms with Crippen molar-refractivity contribution >= 4 is 0 Å². The molecule has 0 bridgehead atoms. The van der Waals surface area contributed by atoms with E-state index in [1.807, 2.05) is 0 Å². The van der Waals surface area contributed by atoms with Crippen LogP contribution in [0.2, 0.25) is 0 Å². The molecule has 84 valence electrons. The number of nitrogens with zero attached hydrogens (tertiary/aromatic N) is 2. The van der Waals surface area contributed by atoms with Gasteiger partial charge in [-0.05, 0) is 62.8 Å². The Kier molecular flexibility index (Phi) is 2.13. The molecule has 0 aromatic heterocycles. The van der Waals surface area contributed by atoms with Crippen LogP contribution < -0.4 is 10.7 Å². The van der Waals surface area contributed by atoms with Gasteiger partial charge in [-0.15, -0.1) is 0 Å². The average molecular weight is 214 g/mol. The maximum atomic E-state index is 4.88. The standard InChI is InChI=1S/C14H18N2/c1-10-8-12-13(9-11(10)2)16-14(15-12)6-4-3-5-7-14/h8-9H,3-7H2,1-2H3. The average Bonchev–Trinajstić information content (AvgIpc) is 2.57. The SMILES string of the molecule is Cc1cc2c(cc1C)=NC1(CCCCC1)N=2. The maximum Gasteiger partial charge on any atom is 0.151 e. The lowest BCUT2D eigenvalue weighted by Crippen LogP contribution is -2.25. The first kappa shape index (κ1) is 10.0. The van der Waals surface area contributed by atoms with Gasteiger partial charge in [0.15, 0.2) is 5.66 Å². The summed E-state index contributed by atoms with van der Waals surface area (Å²) in [6.45, 7) is 4.30. The lowest BCUT2D eigenvalue weighted by Gasteiger charge is -2.27. The van der Waals surface area contributed by atoms with Crippen molar-refractivity contribution in [2.24, 2.45) is 9.98 Å². The second-order valence-electron chi connectivity index (χ2n) is 5.19. The van der Waals surface area contributed by atoms with Crippen molar-refractivity contribution in [3.8, 4) is 0 Å². The predicted octanol–water partition coefficient (Wildman–Crippen LogP) is 2.22. The summed E-state index contributed by atoms with van der Waals surface area (Å²) in [5, 5.41) is 2.23. The van der Waals surface area contributed by atoms with E-state index >= 15 is 0 Å². The fraction of sp³-hybridized carbons (Fsp3) is 0.571. The molecule has 0 N–H and O–H groups in total. The second-order valence-corrected chi connectivity index (χ2v) is 5.19. The topological polar surface area (TPSA) is 24.7 Å². The monoisotopic (exact) mass is 214 g/mol. The molecule has 1 fully saturated rings. The summed E-state index contributed by atoms with van der Waals surface area (Å²) in [5.41, 5.74) is 2.57. The van der Waals surface area contributed by atoms with Gasteiger partial charge in [0.25, 0.3) is 0 Å².